The fourth-order valence-electron chi connectivity index (χ4n) is 2.00. The molecular formula is C16H19N3S. The van der Waals surface area contributed by atoms with E-state index in [4.69, 9.17) is 12.2 Å². The van der Waals surface area contributed by atoms with Crippen LogP contribution in [-0.2, 0) is 0 Å². The third-order valence-electron chi connectivity index (χ3n) is 3.10. The van der Waals surface area contributed by atoms with Gasteiger partial charge in [0.1, 0.15) is 5.82 Å². The summed E-state index contributed by atoms with van der Waals surface area (Å²) in [4.78, 5) is 4.41. The van der Waals surface area contributed by atoms with Crippen molar-refractivity contribution in [2.45, 2.75) is 27.7 Å². The highest BCUT2D eigenvalue weighted by atomic mass is 32.1. The fourth-order valence-corrected chi connectivity index (χ4v) is 2.23. The van der Waals surface area contributed by atoms with Crippen LogP contribution in [0.3, 0.4) is 0 Å². The van der Waals surface area contributed by atoms with Gasteiger partial charge in [-0.1, -0.05) is 6.07 Å². The van der Waals surface area contributed by atoms with Gasteiger partial charge in [-0.05, 0) is 80.9 Å². The highest BCUT2D eigenvalue weighted by molar-refractivity contribution is 7.80. The molecule has 2 aromatic rings. The van der Waals surface area contributed by atoms with Crippen molar-refractivity contribution in [2.75, 3.05) is 10.6 Å². The number of hydrogen-bond donors (Lipinski definition) is 2. The second-order valence-corrected chi connectivity index (χ2v) is 5.46. The molecule has 3 nitrogen and oxygen atoms in total. The van der Waals surface area contributed by atoms with E-state index in [9.17, 15) is 0 Å². The van der Waals surface area contributed by atoms with Gasteiger partial charge in [-0.15, -0.1) is 0 Å². The van der Waals surface area contributed by atoms with E-state index in [1.165, 1.54) is 11.1 Å². The summed E-state index contributed by atoms with van der Waals surface area (Å²) in [7, 11) is 0. The molecular weight excluding hydrogens is 266 g/mol. The molecule has 4 heteroatoms. The summed E-state index contributed by atoms with van der Waals surface area (Å²) in [6.07, 6.45) is 0. The molecule has 0 saturated heterocycles. The predicted molar refractivity (Wildman–Crippen MR) is 89.5 cm³/mol. The minimum atomic E-state index is 0.547. The van der Waals surface area contributed by atoms with Crippen LogP contribution in [0, 0.1) is 27.7 Å². The number of aromatic nitrogens is 1. The van der Waals surface area contributed by atoms with Gasteiger partial charge in [0, 0.05) is 11.4 Å². The van der Waals surface area contributed by atoms with Crippen LogP contribution in [0.2, 0.25) is 0 Å². The fraction of sp³-hybridized carbons (Fsp3) is 0.250. The van der Waals surface area contributed by atoms with Gasteiger partial charge in [-0.25, -0.2) is 4.98 Å². The summed E-state index contributed by atoms with van der Waals surface area (Å²) in [5, 5.41) is 6.84. The van der Waals surface area contributed by atoms with Crippen LogP contribution in [0.25, 0.3) is 0 Å². The number of thiocarbonyl (C=S) groups is 1. The van der Waals surface area contributed by atoms with Crippen LogP contribution in [0.4, 0.5) is 11.5 Å². The minimum Gasteiger partial charge on any atom is -0.332 e. The number of pyridine rings is 1. The summed E-state index contributed by atoms with van der Waals surface area (Å²) in [6.45, 7) is 8.19. The van der Waals surface area contributed by atoms with Gasteiger partial charge in [-0.2, -0.15) is 0 Å². The molecule has 0 spiro atoms. The smallest absolute Gasteiger partial charge is 0.176 e. The van der Waals surface area contributed by atoms with E-state index in [-0.39, 0.29) is 0 Å². The molecule has 0 atom stereocenters. The first-order valence-corrected chi connectivity index (χ1v) is 6.95. The van der Waals surface area contributed by atoms with Gasteiger partial charge in [0.2, 0.25) is 0 Å². The van der Waals surface area contributed by atoms with Gasteiger partial charge in [0.05, 0.1) is 0 Å². The van der Waals surface area contributed by atoms with Gasteiger partial charge < -0.3 is 10.6 Å². The molecule has 2 rings (SSSR count). The molecule has 0 saturated carbocycles. The van der Waals surface area contributed by atoms with Crippen LogP contribution in [0.1, 0.15) is 22.4 Å². The van der Waals surface area contributed by atoms with Crippen molar-refractivity contribution < 1.29 is 0 Å². The number of benzene rings is 1. The zero-order chi connectivity index (χ0) is 14.7. The minimum absolute atomic E-state index is 0.547. The van der Waals surface area contributed by atoms with E-state index in [0.717, 1.165) is 22.8 Å². The SMILES string of the molecule is Cc1cc(C)nc(NC(=S)Nc2ccc(C)c(C)c2)c1. The molecule has 1 aromatic heterocycles. The Bertz CT molecular complexity index is 630. The van der Waals surface area contributed by atoms with Crippen molar-refractivity contribution in [3.63, 3.8) is 0 Å². The summed E-state index contributed by atoms with van der Waals surface area (Å²) in [6, 6.07) is 10.2. The molecule has 104 valence electrons. The molecule has 0 bridgehead atoms. The maximum Gasteiger partial charge on any atom is 0.176 e. The highest BCUT2D eigenvalue weighted by Crippen LogP contribution is 2.15. The zero-order valence-electron chi connectivity index (χ0n) is 12.2. The lowest BCUT2D eigenvalue weighted by Gasteiger charge is -2.12. The third-order valence-corrected chi connectivity index (χ3v) is 3.31. The van der Waals surface area contributed by atoms with Gasteiger partial charge in [0.15, 0.2) is 5.11 Å². The molecule has 0 unspecified atom stereocenters. The van der Waals surface area contributed by atoms with Crippen LogP contribution in [-0.4, -0.2) is 10.1 Å². The van der Waals surface area contributed by atoms with Gasteiger partial charge in [0.25, 0.3) is 0 Å². The van der Waals surface area contributed by atoms with E-state index < -0.39 is 0 Å². The molecule has 1 aromatic carbocycles. The first-order chi connectivity index (χ1) is 9.44. The molecule has 0 aliphatic heterocycles. The predicted octanol–water partition coefficient (Wildman–Crippen LogP) is 4.12. The Labute approximate surface area is 125 Å². The largest absolute Gasteiger partial charge is 0.332 e. The molecule has 0 amide bonds. The van der Waals surface area contributed by atoms with Crippen LogP contribution >= 0.6 is 12.2 Å². The standard InChI is InChI=1S/C16H19N3S/c1-10-7-13(4)17-15(8-10)19-16(20)18-14-6-5-11(2)12(3)9-14/h5-9H,1-4H3,(H2,17,18,19,20). The summed E-state index contributed by atoms with van der Waals surface area (Å²) < 4.78 is 0. The average molecular weight is 285 g/mol. The van der Waals surface area contributed by atoms with Crippen molar-refractivity contribution in [3.05, 3.63) is 52.7 Å². The Balaban J connectivity index is 2.06. The monoisotopic (exact) mass is 285 g/mol. The topological polar surface area (TPSA) is 37.0 Å². The van der Waals surface area contributed by atoms with Gasteiger partial charge in [-0.3, -0.25) is 0 Å². The summed E-state index contributed by atoms with van der Waals surface area (Å²) in [5.41, 5.74) is 5.62. The van der Waals surface area contributed by atoms with Crippen LogP contribution in [0.5, 0.6) is 0 Å². The second-order valence-electron chi connectivity index (χ2n) is 5.05. The van der Waals surface area contributed by atoms with Crippen molar-refractivity contribution >= 4 is 28.8 Å². The Morgan fingerprint density at radius 3 is 2.35 bits per heavy atom. The highest BCUT2D eigenvalue weighted by Gasteiger charge is 2.02. The van der Waals surface area contributed by atoms with E-state index in [2.05, 4.69) is 41.6 Å². The number of nitrogens with zero attached hydrogens (tertiary/aromatic N) is 1. The lowest BCUT2D eigenvalue weighted by atomic mass is 10.1. The zero-order valence-corrected chi connectivity index (χ0v) is 13.1. The van der Waals surface area contributed by atoms with Crippen molar-refractivity contribution in [1.29, 1.82) is 0 Å². The summed E-state index contributed by atoms with van der Waals surface area (Å²) >= 11 is 5.32. The number of rotatable bonds is 2. The number of anilines is 2. The molecule has 0 aliphatic carbocycles. The first-order valence-electron chi connectivity index (χ1n) is 6.54. The lowest BCUT2D eigenvalue weighted by Crippen LogP contribution is -2.20. The Hall–Kier alpha value is -1.94. The Morgan fingerprint density at radius 1 is 0.950 bits per heavy atom. The molecule has 2 N–H and O–H groups in total. The van der Waals surface area contributed by atoms with Crippen molar-refractivity contribution in [3.8, 4) is 0 Å². The van der Waals surface area contributed by atoms with Gasteiger partial charge >= 0.3 is 0 Å². The maximum absolute atomic E-state index is 5.32. The van der Waals surface area contributed by atoms with Crippen LogP contribution in [0.15, 0.2) is 30.3 Å². The number of aryl methyl sites for hydroxylation is 4. The van der Waals surface area contributed by atoms with Crippen molar-refractivity contribution in [2.24, 2.45) is 0 Å². The van der Waals surface area contributed by atoms with Crippen molar-refractivity contribution in [1.82, 2.24) is 4.98 Å². The van der Waals surface area contributed by atoms with E-state index in [0.29, 0.717) is 5.11 Å². The van der Waals surface area contributed by atoms with Crippen LogP contribution < -0.4 is 10.6 Å². The molecule has 0 radical (unpaired) electrons. The Kier molecular flexibility index (Phi) is 4.35. The first kappa shape index (κ1) is 14.5. The quantitative estimate of drug-likeness (QED) is 0.814. The number of hydrogen-bond acceptors (Lipinski definition) is 2. The van der Waals surface area contributed by atoms with E-state index in [1.807, 2.05) is 32.0 Å². The lowest BCUT2D eigenvalue weighted by molar-refractivity contribution is 1.18. The summed E-state index contributed by atoms with van der Waals surface area (Å²) in [5.74, 6) is 0.767. The average Bonchev–Trinajstić information content (AvgIpc) is 2.32. The van der Waals surface area contributed by atoms with E-state index in [1.54, 1.807) is 0 Å². The maximum atomic E-state index is 5.32. The molecule has 0 fully saturated rings. The van der Waals surface area contributed by atoms with E-state index >= 15 is 0 Å². The second kappa shape index (κ2) is 6.01. The number of nitrogens with one attached hydrogen (secondary N) is 2. The molecule has 20 heavy (non-hydrogen) atoms. The molecule has 0 aliphatic rings. The molecule has 1 heterocycles. The third kappa shape index (κ3) is 3.78. The normalized spacial score (nSPS) is 10.2. The Morgan fingerprint density at radius 2 is 1.70 bits per heavy atom.